The van der Waals surface area contributed by atoms with Gasteiger partial charge in [-0.2, -0.15) is 0 Å². The highest BCUT2D eigenvalue weighted by Gasteiger charge is 2.44. The minimum Gasteiger partial charge on any atom is -0.512 e. The van der Waals surface area contributed by atoms with Crippen LogP contribution in [0.2, 0.25) is 0 Å². The van der Waals surface area contributed by atoms with Gasteiger partial charge in [0.15, 0.2) is 0 Å². The molecular formula is C26H31NO5. The number of nitrogens with zero attached hydrogens (tertiary/aromatic N) is 1. The number of carbonyl (C=O) groups excluding carboxylic acids is 1. The van der Waals surface area contributed by atoms with Gasteiger partial charge >= 0.3 is 12.1 Å². The molecule has 6 nitrogen and oxygen atoms in total. The van der Waals surface area contributed by atoms with E-state index in [4.69, 9.17) is 4.74 Å². The summed E-state index contributed by atoms with van der Waals surface area (Å²) in [5, 5.41) is 20.9. The second-order valence-corrected chi connectivity index (χ2v) is 8.26. The number of hydrogen-bond donors (Lipinski definition) is 2. The normalized spacial score (nSPS) is 19.4. The molecule has 32 heavy (non-hydrogen) atoms. The molecule has 0 saturated heterocycles. The number of aryl methyl sites for hydroxylation is 1. The maximum Gasteiger partial charge on any atom is 0.412 e. The molecule has 2 atom stereocenters. The Balaban J connectivity index is 1.92. The number of esters is 1. The molecule has 170 valence electrons. The number of cyclic esters (lactones) is 1. The van der Waals surface area contributed by atoms with Gasteiger partial charge in [0, 0.05) is 12.1 Å². The highest BCUT2D eigenvalue weighted by atomic mass is 16.6. The number of carboxylic acid groups (broad SMARTS) is 1. The third kappa shape index (κ3) is 5.13. The molecule has 2 unspecified atom stereocenters. The van der Waals surface area contributed by atoms with Gasteiger partial charge in [-0.15, -0.1) is 0 Å². The average molecular weight is 438 g/mol. The predicted octanol–water partition coefficient (Wildman–Crippen LogP) is 5.88. The molecule has 1 aliphatic rings. The molecule has 1 heterocycles. The molecular weight excluding hydrogens is 406 g/mol. The fourth-order valence-electron chi connectivity index (χ4n) is 4.54. The van der Waals surface area contributed by atoms with Crippen LogP contribution >= 0.6 is 0 Å². The zero-order chi connectivity index (χ0) is 23.1. The van der Waals surface area contributed by atoms with Crippen LogP contribution in [0.5, 0.6) is 0 Å². The van der Waals surface area contributed by atoms with E-state index in [9.17, 15) is 19.8 Å². The fourth-order valence-corrected chi connectivity index (χ4v) is 4.54. The second-order valence-electron chi connectivity index (χ2n) is 8.26. The van der Waals surface area contributed by atoms with Gasteiger partial charge in [-0.1, -0.05) is 68.8 Å². The highest BCUT2D eigenvalue weighted by molar-refractivity contribution is 5.96. The van der Waals surface area contributed by atoms with Crippen LogP contribution < -0.4 is 4.90 Å². The van der Waals surface area contributed by atoms with Crippen LogP contribution in [0, 0.1) is 0 Å². The van der Waals surface area contributed by atoms with Crippen molar-refractivity contribution in [1.29, 1.82) is 0 Å². The first-order chi connectivity index (χ1) is 15.4. The van der Waals surface area contributed by atoms with Crippen molar-refractivity contribution in [2.75, 3.05) is 4.90 Å². The maximum absolute atomic E-state index is 13.2. The molecule has 0 saturated carbocycles. The number of aliphatic hydroxyl groups excluding tert-OH is 1. The number of para-hydroxylation sites is 1. The van der Waals surface area contributed by atoms with Gasteiger partial charge in [0.25, 0.3) is 0 Å². The SMILES string of the molecule is CCCC1(CCc2ccccc2)CC(O)=C(C(CC)N(C(=O)O)c2ccccc2)C(=O)O1. The molecule has 1 amide bonds. The highest BCUT2D eigenvalue weighted by Crippen LogP contribution is 2.39. The summed E-state index contributed by atoms with van der Waals surface area (Å²) in [5.74, 6) is -0.707. The van der Waals surface area contributed by atoms with Gasteiger partial charge in [-0.25, -0.2) is 9.59 Å². The number of rotatable bonds is 9. The average Bonchev–Trinajstić information content (AvgIpc) is 2.78. The van der Waals surface area contributed by atoms with Crippen molar-refractivity contribution in [3.63, 3.8) is 0 Å². The Kier molecular flexibility index (Phi) is 7.57. The largest absolute Gasteiger partial charge is 0.512 e. The number of hydrogen-bond acceptors (Lipinski definition) is 4. The molecule has 2 aromatic rings. The molecule has 0 spiro atoms. The third-order valence-corrected chi connectivity index (χ3v) is 6.02. The van der Waals surface area contributed by atoms with Gasteiger partial charge in [-0.3, -0.25) is 4.90 Å². The lowest BCUT2D eigenvalue weighted by molar-refractivity contribution is -0.161. The summed E-state index contributed by atoms with van der Waals surface area (Å²) in [6, 6.07) is 17.7. The van der Waals surface area contributed by atoms with Crippen molar-refractivity contribution in [1.82, 2.24) is 0 Å². The number of anilines is 1. The van der Waals surface area contributed by atoms with Gasteiger partial charge in [0.2, 0.25) is 0 Å². The van der Waals surface area contributed by atoms with Crippen LogP contribution in [0.25, 0.3) is 0 Å². The summed E-state index contributed by atoms with van der Waals surface area (Å²) >= 11 is 0. The standard InChI is InChI=1S/C26H31NO5/c1-3-16-26(17-15-19-11-7-5-8-12-19)18-22(28)23(24(29)32-26)21(4-2)27(25(30)31)20-13-9-6-10-14-20/h5-14,21,28H,3-4,15-18H2,1-2H3,(H,30,31). The molecule has 0 aromatic heterocycles. The van der Waals surface area contributed by atoms with Crippen LogP contribution in [0.1, 0.15) is 51.5 Å². The third-order valence-electron chi connectivity index (χ3n) is 6.02. The summed E-state index contributed by atoms with van der Waals surface area (Å²) < 4.78 is 5.99. The summed E-state index contributed by atoms with van der Waals surface area (Å²) in [6.07, 6.45) is 2.05. The Bertz CT molecular complexity index is 957. The fraction of sp³-hybridized carbons (Fsp3) is 0.385. The number of ether oxygens (including phenoxy) is 1. The van der Waals surface area contributed by atoms with E-state index in [1.165, 1.54) is 0 Å². The topological polar surface area (TPSA) is 87.1 Å². The molecule has 0 radical (unpaired) electrons. The Labute approximate surface area is 189 Å². The lowest BCUT2D eigenvalue weighted by atomic mass is 9.82. The Hall–Kier alpha value is -3.28. The van der Waals surface area contributed by atoms with Crippen LogP contribution in [0.15, 0.2) is 72.0 Å². The summed E-state index contributed by atoms with van der Waals surface area (Å²) in [5.41, 5.74) is 0.814. The monoisotopic (exact) mass is 437 g/mol. The van der Waals surface area contributed by atoms with E-state index in [-0.39, 0.29) is 17.8 Å². The molecule has 6 heteroatoms. The van der Waals surface area contributed by atoms with E-state index in [0.29, 0.717) is 24.9 Å². The summed E-state index contributed by atoms with van der Waals surface area (Å²) in [7, 11) is 0. The van der Waals surface area contributed by atoms with Gasteiger partial charge in [0.1, 0.15) is 11.4 Å². The van der Waals surface area contributed by atoms with E-state index >= 15 is 0 Å². The van der Waals surface area contributed by atoms with Crippen molar-refractivity contribution in [3.05, 3.63) is 77.6 Å². The van der Waals surface area contributed by atoms with Crippen LogP contribution in [-0.2, 0) is 16.0 Å². The number of aliphatic hydroxyl groups is 1. The van der Waals surface area contributed by atoms with Gasteiger partial charge in [-0.05, 0) is 43.4 Å². The first-order valence-corrected chi connectivity index (χ1v) is 11.2. The number of benzene rings is 2. The summed E-state index contributed by atoms with van der Waals surface area (Å²) in [4.78, 5) is 26.4. The lowest BCUT2D eigenvalue weighted by Gasteiger charge is -2.40. The van der Waals surface area contributed by atoms with Crippen LogP contribution in [-0.4, -0.2) is 33.9 Å². The molecule has 1 aliphatic heterocycles. The zero-order valence-corrected chi connectivity index (χ0v) is 18.7. The minimum absolute atomic E-state index is 0.0326. The van der Waals surface area contributed by atoms with E-state index < -0.39 is 23.7 Å². The Morgan fingerprint density at radius 2 is 1.69 bits per heavy atom. The molecule has 0 aliphatic carbocycles. The van der Waals surface area contributed by atoms with E-state index in [1.807, 2.05) is 37.3 Å². The summed E-state index contributed by atoms with van der Waals surface area (Å²) in [6.45, 7) is 3.81. The molecule has 2 N–H and O–H groups in total. The van der Waals surface area contributed by atoms with Crippen LogP contribution in [0.3, 0.4) is 0 Å². The van der Waals surface area contributed by atoms with Crippen LogP contribution in [0.4, 0.5) is 10.5 Å². The van der Waals surface area contributed by atoms with Crippen molar-refractivity contribution in [2.45, 2.75) is 64.0 Å². The van der Waals surface area contributed by atoms with Gasteiger partial charge < -0.3 is 14.9 Å². The van der Waals surface area contributed by atoms with E-state index in [0.717, 1.165) is 23.3 Å². The van der Waals surface area contributed by atoms with Crippen molar-refractivity contribution in [2.24, 2.45) is 0 Å². The second kappa shape index (κ2) is 10.4. The molecule has 3 rings (SSSR count). The predicted molar refractivity (Wildman–Crippen MR) is 124 cm³/mol. The maximum atomic E-state index is 13.2. The van der Waals surface area contributed by atoms with E-state index in [1.54, 1.807) is 37.3 Å². The smallest absolute Gasteiger partial charge is 0.412 e. The molecule has 0 bridgehead atoms. The number of amides is 1. The van der Waals surface area contributed by atoms with Crippen molar-refractivity contribution in [3.8, 4) is 0 Å². The lowest BCUT2D eigenvalue weighted by Crippen LogP contribution is -2.48. The number of carbonyl (C=O) groups is 2. The van der Waals surface area contributed by atoms with Gasteiger partial charge in [0.05, 0.1) is 11.6 Å². The Morgan fingerprint density at radius 3 is 2.22 bits per heavy atom. The minimum atomic E-state index is -1.19. The molecule has 2 aromatic carbocycles. The zero-order valence-electron chi connectivity index (χ0n) is 18.7. The van der Waals surface area contributed by atoms with E-state index in [2.05, 4.69) is 0 Å². The Morgan fingerprint density at radius 1 is 1.06 bits per heavy atom. The first-order valence-electron chi connectivity index (χ1n) is 11.2. The first kappa shape index (κ1) is 23.4. The van der Waals surface area contributed by atoms with Crippen molar-refractivity contribution < 1.29 is 24.5 Å². The van der Waals surface area contributed by atoms with Crippen molar-refractivity contribution >= 4 is 17.7 Å². The quantitative estimate of drug-likeness (QED) is 0.478. The molecule has 0 fully saturated rings.